The molecular weight excluding hydrogens is 170 g/mol. The van der Waals surface area contributed by atoms with Crippen LogP contribution in [0.4, 0.5) is 0 Å². The number of halogens is 1. The van der Waals surface area contributed by atoms with Crippen LogP contribution in [0.5, 0.6) is 0 Å². The molecule has 0 amide bonds. The molecule has 0 rings (SSSR count). The van der Waals surface area contributed by atoms with Gasteiger partial charge in [0.25, 0.3) is 0 Å². The standard InChI is InChI=1S/C8H18N.ClH.Mg/c1-3-5-7-9-8-6-4-2;;/h3-8H2,1-2H3;1H;/q-1;;+2/p-1. The van der Waals surface area contributed by atoms with Gasteiger partial charge in [0.1, 0.15) is 0 Å². The van der Waals surface area contributed by atoms with E-state index in [1.165, 1.54) is 25.7 Å². The van der Waals surface area contributed by atoms with Gasteiger partial charge in [-0.2, -0.15) is 0 Å². The number of unbranched alkanes of at least 4 members (excludes halogenated alkanes) is 2. The van der Waals surface area contributed by atoms with Gasteiger partial charge in [-0.25, -0.2) is 0 Å². The zero-order valence-corrected chi connectivity index (χ0v) is 9.95. The van der Waals surface area contributed by atoms with Crippen LogP contribution in [-0.4, -0.2) is 36.1 Å². The van der Waals surface area contributed by atoms with Crippen molar-refractivity contribution in [3.63, 3.8) is 0 Å². The Labute approximate surface area is 93.3 Å². The van der Waals surface area contributed by atoms with Crippen molar-refractivity contribution in [2.75, 3.05) is 13.1 Å². The zero-order valence-electron chi connectivity index (χ0n) is 7.77. The van der Waals surface area contributed by atoms with Gasteiger partial charge in [-0.3, -0.25) is 0 Å². The summed E-state index contributed by atoms with van der Waals surface area (Å²) in [6.07, 6.45) is 5.08. The second-order valence-electron chi connectivity index (χ2n) is 2.38. The molecule has 0 radical (unpaired) electrons. The Morgan fingerprint density at radius 1 is 0.909 bits per heavy atom. The molecule has 3 heteroatoms. The van der Waals surface area contributed by atoms with E-state index in [1.54, 1.807) is 0 Å². The van der Waals surface area contributed by atoms with E-state index in [0.717, 1.165) is 13.1 Å². The van der Waals surface area contributed by atoms with E-state index in [-0.39, 0.29) is 35.5 Å². The molecule has 0 aromatic carbocycles. The van der Waals surface area contributed by atoms with E-state index in [2.05, 4.69) is 19.2 Å². The molecule has 0 atom stereocenters. The molecule has 0 aromatic rings. The molecule has 0 aliphatic carbocycles. The molecule has 0 unspecified atom stereocenters. The van der Waals surface area contributed by atoms with Gasteiger partial charge in [-0.15, -0.1) is 13.1 Å². The maximum atomic E-state index is 4.35. The third-order valence-corrected chi connectivity index (χ3v) is 1.34. The van der Waals surface area contributed by atoms with Crippen LogP contribution in [0.15, 0.2) is 0 Å². The molecule has 11 heavy (non-hydrogen) atoms. The summed E-state index contributed by atoms with van der Waals surface area (Å²) in [6.45, 7) is 6.57. The Balaban J connectivity index is -0.000000320. The largest absolute Gasteiger partial charge is 2.00 e. The van der Waals surface area contributed by atoms with Crippen LogP contribution in [0, 0.1) is 0 Å². The van der Waals surface area contributed by atoms with E-state index in [4.69, 9.17) is 0 Å². The minimum Gasteiger partial charge on any atom is -1.00 e. The molecule has 0 saturated heterocycles. The molecule has 0 spiro atoms. The summed E-state index contributed by atoms with van der Waals surface area (Å²) in [6, 6.07) is 0. The molecule has 0 aliphatic heterocycles. The Morgan fingerprint density at radius 2 is 1.27 bits per heavy atom. The van der Waals surface area contributed by atoms with Crippen molar-refractivity contribution < 1.29 is 12.4 Å². The summed E-state index contributed by atoms with van der Waals surface area (Å²) < 4.78 is 0. The minimum absolute atomic E-state index is 0. The van der Waals surface area contributed by atoms with Gasteiger partial charge in [0, 0.05) is 0 Å². The fraction of sp³-hybridized carbons (Fsp3) is 1.00. The van der Waals surface area contributed by atoms with Gasteiger partial charge in [-0.1, -0.05) is 39.5 Å². The third kappa shape index (κ3) is 18.2. The smallest absolute Gasteiger partial charge is 1.00 e. The summed E-state index contributed by atoms with van der Waals surface area (Å²) in [5, 5.41) is 4.35. The Hall–Kier alpha value is 1.02. The van der Waals surface area contributed by atoms with E-state index >= 15 is 0 Å². The summed E-state index contributed by atoms with van der Waals surface area (Å²) >= 11 is 0. The first-order chi connectivity index (χ1) is 4.41. The van der Waals surface area contributed by atoms with Gasteiger partial charge in [0.2, 0.25) is 0 Å². The maximum Gasteiger partial charge on any atom is 2.00 e. The molecule has 0 saturated carbocycles. The van der Waals surface area contributed by atoms with Crippen LogP contribution in [0.1, 0.15) is 39.5 Å². The molecule has 0 bridgehead atoms. The predicted molar refractivity (Wildman–Crippen MR) is 48.7 cm³/mol. The van der Waals surface area contributed by atoms with Crippen molar-refractivity contribution in [2.45, 2.75) is 39.5 Å². The SMILES string of the molecule is CCCC[N-]CCCC.[Cl-].[Mg+2]. The van der Waals surface area contributed by atoms with E-state index < -0.39 is 0 Å². The third-order valence-electron chi connectivity index (χ3n) is 1.34. The fourth-order valence-corrected chi connectivity index (χ4v) is 0.652. The van der Waals surface area contributed by atoms with Crippen LogP contribution in [0.3, 0.4) is 0 Å². The average Bonchev–Trinajstić information content (AvgIpc) is 1.89. The molecule has 0 aromatic heterocycles. The molecular formula is C8H18ClMgN. The Morgan fingerprint density at radius 3 is 1.55 bits per heavy atom. The molecule has 0 aliphatic rings. The first-order valence-corrected chi connectivity index (χ1v) is 4.05. The maximum absolute atomic E-state index is 4.35. The predicted octanol–water partition coefficient (Wildman–Crippen LogP) is -0.416. The van der Waals surface area contributed by atoms with E-state index in [9.17, 15) is 0 Å². The summed E-state index contributed by atoms with van der Waals surface area (Å²) in [7, 11) is 0. The van der Waals surface area contributed by atoms with Gasteiger partial charge in [-0.05, 0) is 0 Å². The first-order valence-electron chi connectivity index (χ1n) is 4.05. The van der Waals surface area contributed by atoms with Crippen molar-refractivity contribution in [1.82, 2.24) is 0 Å². The Bertz CT molecular complexity index is 47.4. The van der Waals surface area contributed by atoms with Crippen molar-refractivity contribution >= 4 is 23.1 Å². The monoisotopic (exact) mass is 187 g/mol. The second kappa shape index (κ2) is 17.2. The van der Waals surface area contributed by atoms with E-state index in [1.807, 2.05) is 0 Å². The number of hydrogen-bond donors (Lipinski definition) is 0. The van der Waals surface area contributed by atoms with Crippen LogP contribution < -0.4 is 12.4 Å². The first kappa shape index (κ1) is 17.9. The second-order valence-corrected chi connectivity index (χ2v) is 2.38. The number of hydrogen-bond acceptors (Lipinski definition) is 0. The quantitative estimate of drug-likeness (QED) is 0.397. The van der Waals surface area contributed by atoms with Gasteiger partial charge in [0.05, 0.1) is 0 Å². The van der Waals surface area contributed by atoms with Crippen molar-refractivity contribution in [3.05, 3.63) is 5.32 Å². The minimum atomic E-state index is 0. The van der Waals surface area contributed by atoms with Gasteiger partial charge >= 0.3 is 23.1 Å². The topological polar surface area (TPSA) is 14.1 Å². The molecule has 0 heterocycles. The van der Waals surface area contributed by atoms with Gasteiger partial charge in [0.15, 0.2) is 0 Å². The number of nitrogens with zero attached hydrogens (tertiary/aromatic N) is 1. The summed E-state index contributed by atoms with van der Waals surface area (Å²) in [5.74, 6) is 0. The zero-order chi connectivity index (χ0) is 6.95. The summed E-state index contributed by atoms with van der Waals surface area (Å²) in [5.41, 5.74) is 0. The van der Waals surface area contributed by atoms with Crippen LogP contribution in [-0.2, 0) is 0 Å². The van der Waals surface area contributed by atoms with Gasteiger partial charge < -0.3 is 17.7 Å². The molecule has 0 N–H and O–H groups in total. The van der Waals surface area contributed by atoms with Crippen LogP contribution in [0.25, 0.3) is 5.32 Å². The van der Waals surface area contributed by atoms with Crippen molar-refractivity contribution in [3.8, 4) is 0 Å². The molecule has 64 valence electrons. The van der Waals surface area contributed by atoms with Crippen LogP contribution >= 0.6 is 0 Å². The normalized spacial score (nSPS) is 8.18. The molecule has 0 fully saturated rings. The summed E-state index contributed by atoms with van der Waals surface area (Å²) in [4.78, 5) is 0. The molecule has 1 nitrogen and oxygen atoms in total. The number of rotatable bonds is 6. The van der Waals surface area contributed by atoms with E-state index in [0.29, 0.717) is 0 Å². The van der Waals surface area contributed by atoms with Crippen molar-refractivity contribution in [2.24, 2.45) is 0 Å². The Kier molecular flexibility index (Phi) is 28.0. The fourth-order valence-electron chi connectivity index (χ4n) is 0.652. The average molecular weight is 188 g/mol. The van der Waals surface area contributed by atoms with Crippen molar-refractivity contribution in [1.29, 1.82) is 0 Å². The van der Waals surface area contributed by atoms with Crippen LogP contribution in [0.2, 0.25) is 0 Å².